The predicted octanol–water partition coefficient (Wildman–Crippen LogP) is 2.49. The second-order valence-electron chi connectivity index (χ2n) is 9.49. The van der Waals surface area contributed by atoms with Gasteiger partial charge in [0.1, 0.15) is 0 Å². The van der Waals surface area contributed by atoms with Crippen LogP contribution in [0.3, 0.4) is 0 Å². The lowest BCUT2D eigenvalue weighted by Crippen LogP contribution is -2.67. The molecule has 1 aromatic rings. The van der Waals surface area contributed by atoms with Gasteiger partial charge in [0.25, 0.3) is 0 Å². The molecule has 1 atom stereocenters. The number of likely N-dealkylation sites (tertiary alicyclic amines) is 1. The molecule has 5 rings (SSSR count). The molecule has 3 saturated heterocycles. The number of hydrogen-bond donors (Lipinski definition) is 0. The first-order chi connectivity index (χ1) is 13.8. The van der Waals surface area contributed by atoms with Gasteiger partial charge in [0, 0.05) is 37.6 Å². The summed E-state index contributed by atoms with van der Waals surface area (Å²) in [6.07, 6.45) is 5.36. The highest BCUT2D eigenvalue weighted by Gasteiger charge is 2.53. The fourth-order valence-electron chi connectivity index (χ4n) is 5.75. The Balaban J connectivity index is 1.21. The third-order valence-corrected chi connectivity index (χ3v) is 9.53. The van der Waals surface area contributed by atoms with E-state index >= 15 is 0 Å². The van der Waals surface area contributed by atoms with Crippen molar-refractivity contribution in [2.24, 2.45) is 10.8 Å². The van der Waals surface area contributed by atoms with E-state index in [2.05, 4.69) is 4.90 Å². The first kappa shape index (κ1) is 19.7. The smallest absolute Gasteiger partial charge is 0.243 e. The van der Waals surface area contributed by atoms with E-state index in [1.807, 2.05) is 0 Å². The van der Waals surface area contributed by atoms with Crippen LogP contribution in [-0.2, 0) is 14.8 Å². The zero-order valence-electron chi connectivity index (χ0n) is 16.9. The Morgan fingerprint density at radius 3 is 2.45 bits per heavy atom. The number of methoxy groups -OCH3 is 1. The third kappa shape index (κ3) is 3.28. The van der Waals surface area contributed by atoms with Crippen molar-refractivity contribution >= 4 is 10.0 Å². The van der Waals surface area contributed by atoms with Gasteiger partial charge in [-0.05, 0) is 55.7 Å². The maximum atomic E-state index is 14.0. The number of sulfonamides is 1. The van der Waals surface area contributed by atoms with Gasteiger partial charge in [-0.25, -0.2) is 12.8 Å². The summed E-state index contributed by atoms with van der Waals surface area (Å²) in [5, 5.41) is 0. The van der Waals surface area contributed by atoms with E-state index in [9.17, 15) is 12.8 Å². The van der Waals surface area contributed by atoms with Crippen LogP contribution < -0.4 is 4.74 Å². The molecule has 2 spiro atoms. The maximum absolute atomic E-state index is 14.0. The quantitative estimate of drug-likeness (QED) is 0.743. The number of benzene rings is 1. The number of hydrogen-bond acceptors (Lipinski definition) is 5. The van der Waals surface area contributed by atoms with Gasteiger partial charge in [-0.15, -0.1) is 0 Å². The van der Waals surface area contributed by atoms with E-state index < -0.39 is 15.8 Å². The molecule has 4 fully saturated rings. The molecule has 0 radical (unpaired) electrons. The molecular weight excluding hydrogens is 395 g/mol. The second kappa shape index (κ2) is 6.90. The Kier molecular flexibility index (Phi) is 4.70. The minimum absolute atomic E-state index is 0.00430. The Morgan fingerprint density at radius 2 is 1.86 bits per heavy atom. The zero-order valence-corrected chi connectivity index (χ0v) is 17.7. The molecule has 29 heavy (non-hydrogen) atoms. The van der Waals surface area contributed by atoms with Crippen LogP contribution in [0.2, 0.25) is 0 Å². The van der Waals surface area contributed by atoms with Gasteiger partial charge >= 0.3 is 0 Å². The molecule has 1 aliphatic carbocycles. The Labute approximate surface area is 172 Å². The molecule has 6 nitrogen and oxygen atoms in total. The van der Waals surface area contributed by atoms with Crippen molar-refractivity contribution in [2.75, 3.05) is 46.5 Å². The molecule has 8 heteroatoms. The van der Waals surface area contributed by atoms with Crippen molar-refractivity contribution in [1.29, 1.82) is 0 Å². The normalized spacial score (nSPS) is 29.0. The van der Waals surface area contributed by atoms with Gasteiger partial charge < -0.3 is 9.47 Å². The van der Waals surface area contributed by atoms with E-state index in [0.29, 0.717) is 24.5 Å². The number of piperidine rings is 1. The summed E-state index contributed by atoms with van der Waals surface area (Å²) in [5.74, 6) is -0.593. The van der Waals surface area contributed by atoms with Gasteiger partial charge in [-0.1, -0.05) is 0 Å². The average Bonchev–Trinajstić information content (AvgIpc) is 3.03. The monoisotopic (exact) mass is 424 g/mol. The summed E-state index contributed by atoms with van der Waals surface area (Å²) in [4.78, 5) is 2.62. The SMILES string of the molecule is COc1ccc(S(=O)(=O)N2CCC3(CCC(N4CC5(COC5)C4)C3)CC2)cc1F. The van der Waals surface area contributed by atoms with Gasteiger partial charge in [0.05, 0.1) is 25.2 Å². The van der Waals surface area contributed by atoms with Crippen LogP contribution >= 0.6 is 0 Å². The highest BCUT2D eigenvalue weighted by molar-refractivity contribution is 7.89. The van der Waals surface area contributed by atoms with Gasteiger partial charge in [0.2, 0.25) is 10.0 Å². The minimum Gasteiger partial charge on any atom is -0.494 e. The summed E-state index contributed by atoms with van der Waals surface area (Å²) in [7, 11) is -2.31. The van der Waals surface area contributed by atoms with Crippen molar-refractivity contribution in [3.63, 3.8) is 0 Å². The zero-order chi connectivity index (χ0) is 20.3. The van der Waals surface area contributed by atoms with Crippen LogP contribution in [-0.4, -0.2) is 70.2 Å². The summed E-state index contributed by atoms with van der Waals surface area (Å²) in [5.41, 5.74) is 0.710. The standard InChI is InChI=1S/C21H29FN2O4S/c1-27-19-3-2-17(10-18(19)22)29(25,26)24-8-6-20(7-9-24)5-4-16(11-20)23-12-21(13-23)14-28-15-21/h2-3,10,16H,4-9,11-15H2,1H3. The maximum Gasteiger partial charge on any atom is 0.243 e. The summed E-state index contributed by atoms with van der Waals surface area (Å²) < 4.78 is 51.8. The summed E-state index contributed by atoms with van der Waals surface area (Å²) in [6, 6.07) is 4.51. The lowest BCUT2D eigenvalue weighted by atomic mass is 9.75. The van der Waals surface area contributed by atoms with Gasteiger partial charge in [-0.3, -0.25) is 4.90 Å². The molecule has 160 valence electrons. The number of ether oxygens (including phenoxy) is 2. The molecular formula is C21H29FN2O4S. The topological polar surface area (TPSA) is 59.1 Å². The average molecular weight is 425 g/mol. The fourth-order valence-corrected chi connectivity index (χ4v) is 7.20. The van der Waals surface area contributed by atoms with Crippen LogP contribution in [0.4, 0.5) is 4.39 Å². The largest absolute Gasteiger partial charge is 0.494 e. The van der Waals surface area contributed by atoms with E-state index in [1.54, 1.807) is 0 Å². The number of nitrogens with zero attached hydrogens (tertiary/aromatic N) is 2. The first-order valence-electron chi connectivity index (χ1n) is 10.5. The second-order valence-corrected chi connectivity index (χ2v) is 11.4. The molecule has 0 aromatic heterocycles. The lowest BCUT2D eigenvalue weighted by molar-refractivity contribution is -0.198. The highest BCUT2D eigenvalue weighted by Crippen LogP contribution is 2.51. The van der Waals surface area contributed by atoms with Crippen molar-refractivity contribution in [1.82, 2.24) is 9.21 Å². The minimum atomic E-state index is -3.68. The van der Waals surface area contributed by atoms with Crippen molar-refractivity contribution in [3.8, 4) is 5.75 Å². The van der Waals surface area contributed by atoms with Gasteiger partial charge in [-0.2, -0.15) is 4.31 Å². The molecule has 0 bridgehead atoms. The molecule has 3 aliphatic heterocycles. The molecule has 1 saturated carbocycles. The first-order valence-corrected chi connectivity index (χ1v) is 11.9. The molecule has 1 unspecified atom stereocenters. The van der Waals surface area contributed by atoms with Crippen LogP contribution in [0.1, 0.15) is 32.1 Å². The Bertz CT molecular complexity index is 886. The molecule has 0 N–H and O–H groups in total. The van der Waals surface area contributed by atoms with Crippen LogP contribution in [0, 0.1) is 16.6 Å². The van der Waals surface area contributed by atoms with Gasteiger partial charge in [0.15, 0.2) is 11.6 Å². The van der Waals surface area contributed by atoms with Crippen LogP contribution in [0.15, 0.2) is 23.1 Å². The summed E-state index contributed by atoms with van der Waals surface area (Å²) in [6.45, 7) is 5.19. The predicted molar refractivity (Wildman–Crippen MR) is 106 cm³/mol. The lowest BCUT2D eigenvalue weighted by Gasteiger charge is -2.57. The molecule has 1 aromatic carbocycles. The Morgan fingerprint density at radius 1 is 1.14 bits per heavy atom. The van der Waals surface area contributed by atoms with Crippen LogP contribution in [0.25, 0.3) is 0 Å². The van der Waals surface area contributed by atoms with Crippen molar-refractivity contribution in [2.45, 2.75) is 43.0 Å². The fraction of sp³-hybridized carbons (Fsp3) is 0.714. The van der Waals surface area contributed by atoms with E-state index in [1.165, 1.54) is 42.8 Å². The molecule has 3 heterocycles. The van der Waals surface area contributed by atoms with E-state index in [0.717, 1.165) is 45.2 Å². The third-order valence-electron chi connectivity index (χ3n) is 7.63. The van der Waals surface area contributed by atoms with E-state index in [-0.39, 0.29) is 16.1 Å². The van der Waals surface area contributed by atoms with Crippen molar-refractivity contribution < 1.29 is 22.3 Å². The van der Waals surface area contributed by atoms with Crippen molar-refractivity contribution in [3.05, 3.63) is 24.0 Å². The number of rotatable bonds is 4. The molecule has 0 amide bonds. The summed E-state index contributed by atoms with van der Waals surface area (Å²) >= 11 is 0. The van der Waals surface area contributed by atoms with Crippen LogP contribution in [0.5, 0.6) is 5.75 Å². The highest BCUT2D eigenvalue weighted by atomic mass is 32.2. The van der Waals surface area contributed by atoms with E-state index in [4.69, 9.17) is 9.47 Å². The number of halogens is 1. The molecule has 4 aliphatic rings. The Hall–Kier alpha value is -1.22.